The van der Waals surface area contributed by atoms with Crippen LogP contribution in [-0.2, 0) is 22.9 Å². The zero-order valence-corrected chi connectivity index (χ0v) is 8.71. The summed E-state index contributed by atoms with van der Waals surface area (Å²) in [5.74, 6) is -0.494. The Hall–Kier alpha value is -1.14. The molecular weight excluding hydrogens is 206 g/mol. The molecule has 1 aromatic rings. The van der Waals surface area contributed by atoms with Crippen LogP contribution in [0.3, 0.4) is 0 Å². The van der Waals surface area contributed by atoms with Gasteiger partial charge in [0, 0.05) is 13.2 Å². The summed E-state index contributed by atoms with van der Waals surface area (Å²) in [6, 6.07) is 1.34. The Morgan fingerprint density at radius 2 is 2.36 bits per heavy atom. The van der Waals surface area contributed by atoms with Crippen LogP contribution in [0.15, 0.2) is 17.2 Å². The number of hydrogen-bond acceptors (Lipinski definition) is 3. The molecule has 0 saturated carbocycles. The Kier molecular flexibility index (Phi) is 3.43. The maximum absolute atomic E-state index is 11.3. The standard InChI is InChI=1S/C8H11NO4S/c1-3-13-8(10)7-4-6(14(11)12)5-9(7)2/h4-5H,3H2,1-2H3,(H,11,12). The highest BCUT2D eigenvalue weighted by Crippen LogP contribution is 2.11. The van der Waals surface area contributed by atoms with E-state index in [4.69, 9.17) is 9.29 Å². The molecular formula is C8H11NO4S. The van der Waals surface area contributed by atoms with Gasteiger partial charge in [-0.1, -0.05) is 0 Å². The van der Waals surface area contributed by atoms with Gasteiger partial charge >= 0.3 is 5.97 Å². The minimum Gasteiger partial charge on any atom is -0.461 e. The van der Waals surface area contributed by atoms with Crippen molar-refractivity contribution in [3.63, 3.8) is 0 Å². The van der Waals surface area contributed by atoms with Crippen molar-refractivity contribution in [1.29, 1.82) is 0 Å². The quantitative estimate of drug-likeness (QED) is 0.600. The molecule has 0 fully saturated rings. The molecule has 1 aromatic heterocycles. The fourth-order valence-corrected chi connectivity index (χ4v) is 1.50. The molecule has 1 atom stereocenters. The maximum Gasteiger partial charge on any atom is 0.354 e. The summed E-state index contributed by atoms with van der Waals surface area (Å²) in [4.78, 5) is 11.5. The van der Waals surface area contributed by atoms with Gasteiger partial charge in [-0.2, -0.15) is 0 Å². The fourth-order valence-electron chi connectivity index (χ4n) is 1.04. The van der Waals surface area contributed by atoms with Crippen molar-refractivity contribution in [2.45, 2.75) is 11.8 Å². The zero-order valence-electron chi connectivity index (χ0n) is 7.89. The molecule has 0 aliphatic heterocycles. The van der Waals surface area contributed by atoms with Gasteiger partial charge in [-0.05, 0) is 13.0 Å². The van der Waals surface area contributed by atoms with Gasteiger partial charge in [0.25, 0.3) is 0 Å². The van der Waals surface area contributed by atoms with Crippen LogP contribution in [0.1, 0.15) is 17.4 Å². The molecule has 1 unspecified atom stereocenters. The van der Waals surface area contributed by atoms with Gasteiger partial charge in [0.15, 0.2) is 11.1 Å². The molecule has 78 valence electrons. The molecule has 5 nitrogen and oxygen atoms in total. The van der Waals surface area contributed by atoms with Crippen LogP contribution in [0, 0.1) is 0 Å². The van der Waals surface area contributed by atoms with Gasteiger partial charge < -0.3 is 13.9 Å². The van der Waals surface area contributed by atoms with E-state index in [1.807, 2.05) is 0 Å². The highest BCUT2D eigenvalue weighted by molar-refractivity contribution is 7.79. The molecule has 0 aromatic carbocycles. The predicted octanol–water partition coefficient (Wildman–Crippen LogP) is 0.782. The van der Waals surface area contributed by atoms with Gasteiger partial charge in [-0.3, -0.25) is 0 Å². The first-order chi connectivity index (χ1) is 6.56. The summed E-state index contributed by atoms with van der Waals surface area (Å²) in [7, 11) is 1.61. The third-order valence-electron chi connectivity index (χ3n) is 1.67. The second-order valence-electron chi connectivity index (χ2n) is 2.64. The van der Waals surface area contributed by atoms with E-state index in [2.05, 4.69) is 0 Å². The Morgan fingerprint density at radius 1 is 1.71 bits per heavy atom. The number of aromatic nitrogens is 1. The van der Waals surface area contributed by atoms with Crippen LogP contribution in [-0.4, -0.2) is 25.9 Å². The largest absolute Gasteiger partial charge is 0.461 e. The number of aryl methyl sites for hydroxylation is 1. The molecule has 0 bridgehead atoms. The fraction of sp³-hybridized carbons (Fsp3) is 0.375. The van der Waals surface area contributed by atoms with Crippen molar-refractivity contribution in [3.05, 3.63) is 18.0 Å². The van der Waals surface area contributed by atoms with E-state index >= 15 is 0 Å². The summed E-state index contributed by atoms with van der Waals surface area (Å²) >= 11 is -2.07. The van der Waals surface area contributed by atoms with Crippen LogP contribution < -0.4 is 0 Å². The summed E-state index contributed by atoms with van der Waals surface area (Å²) in [6.45, 7) is 1.98. The molecule has 1 rings (SSSR count). The van der Waals surface area contributed by atoms with Crippen LogP contribution in [0.5, 0.6) is 0 Å². The smallest absolute Gasteiger partial charge is 0.354 e. The molecule has 14 heavy (non-hydrogen) atoms. The number of nitrogens with zero attached hydrogens (tertiary/aromatic N) is 1. The molecule has 6 heteroatoms. The van der Waals surface area contributed by atoms with Gasteiger partial charge in [-0.15, -0.1) is 0 Å². The number of carbonyl (C=O) groups is 1. The van der Waals surface area contributed by atoms with E-state index in [1.54, 1.807) is 14.0 Å². The second-order valence-corrected chi connectivity index (χ2v) is 3.61. The van der Waals surface area contributed by atoms with E-state index in [1.165, 1.54) is 16.8 Å². The summed E-state index contributed by atoms with van der Waals surface area (Å²) < 4.78 is 25.7. The van der Waals surface area contributed by atoms with E-state index in [9.17, 15) is 9.00 Å². The highest BCUT2D eigenvalue weighted by atomic mass is 32.2. The highest BCUT2D eigenvalue weighted by Gasteiger charge is 2.14. The van der Waals surface area contributed by atoms with Gasteiger partial charge in [-0.25, -0.2) is 9.00 Å². The van der Waals surface area contributed by atoms with Crippen LogP contribution in [0.2, 0.25) is 0 Å². The lowest BCUT2D eigenvalue weighted by Crippen LogP contribution is -2.08. The van der Waals surface area contributed by atoms with Crippen molar-refractivity contribution in [3.8, 4) is 0 Å². The summed E-state index contributed by atoms with van der Waals surface area (Å²) in [5.41, 5.74) is 0.268. The van der Waals surface area contributed by atoms with Gasteiger partial charge in [0.1, 0.15) is 5.69 Å². The molecule has 1 N–H and O–H groups in total. The van der Waals surface area contributed by atoms with Gasteiger partial charge in [0.05, 0.1) is 11.5 Å². The number of esters is 1. The molecule has 1 heterocycles. The molecule has 0 spiro atoms. The first-order valence-corrected chi connectivity index (χ1v) is 5.11. The minimum atomic E-state index is -2.07. The Labute approximate surface area is 84.0 Å². The Morgan fingerprint density at radius 3 is 2.79 bits per heavy atom. The molecule has 0 radical (unpaired) electrons. The first kappa shape index (κ1) is 10.9. The second kappa shape index (κ2) is 4.39. The SMILES string of the molecule is CCOC(=O)c1cc(S(=O)O)cn1C. The first-order valence-electron chi connectivity index (χ1n) is 4.00. The third kappa shape index (κ3) is 2.21. The topological polar surface area (TPSA) is 68.5 Å². The van der Waals surface area contributed by atoms with Crippen molar-refractivity contribution < 1.29 is 18.3 Å². The van der Waals surface area contributed by atoms with Crippen molar-refractivity contribution in [1.82, 2.24) is 4.57 Å². The van der Waals surface area contributed by atoms with Crippen LogP contribution in [0.4, 0.5) is 0 Å². The minimum absolute atomic E-state index is 0.190. The Balaban J connectivity index is 2.98. The average Bonchev–Trinajstić information content (AvgIpc) is 2.48. The molecule has 0 aliphatic carbocycles. The summed E-state index contributed by atoms with van der Waals surface area (Å²) in [5, 5.41) is 0. The summed E-state index contributed by atoms with van der Waals surface area (Å²) in [6.07, 6.45) is 1.42. The van der Waals surface area contributed by atoms with Crippen molar-refractivity contribution in [2.24, 2.45) is 7.05 Å². The third-order valence-corrected chi connectivity index (χ3v) is 2.29. The number of rotatable bonds is 3. The number of carbonyl (C=O) groups excluding carboxylic acids is 1. The zero-order chi connectivity index (χ0) is 10.7. The van der Waals surface area contributed by atoms with Crippen molar-refractivity contribution >= 4 is 17.0 Å². The molecule has 0 saturated heterocycles. The predicted molar refractivity (Wildman–Crippen MR) is 50.4 cm³/mol. The van der Waals surface area contributed by atoms with Crippen molar-refractivity contribution in [2.75, 3.05) is 6.61 Å². The normalized spacial score (nSPS) is 12.5. The van der Waals surface area contributed by atoms with Gasteiger partial charge in [0.2, 0.25) is 0 Å². The molecule has 0 amide bonds. The number of ether oxygens (including phenoxy) is 1. The van der Waals surface area contributed by atoms with Crippen LogP contribution >= 0.6 is 0 Å². The average molecular weight is 217 g/mol. The van der Waals surface area contributed by atoms with E-state index < -0.39 is 17.0 Å². The van der Waals surface area contributed by atoms with E-state index in [0.29, 0.717) is 0 Å². The lowest BCUT2D eigenvalue weighted by atomic mass is 10.4. The molecule has 0 aliphatic rings. The maximum atomic E-state index is 11.3. The van der Waals surface area contributed by atoms with E-state index in [0.717, 1.165) is 0 Å². The lowest BCUT2D eigenvalue weighted by molar-refractivity contribution is 0.0515. The van der Waals surface area contributed by atoms with Crippen LogP contribution in [0.25, 0.3) is 0 Å². The lowest BCUT2D eigenvalue weighted by Gasteiger charge is -2.01. The Bertz CT molecular complexity index is 371. The number of hydrogen-bond donors (Lipinski definition) is 1. The van der Waals surface area contributed by atoms with E-state index in [-0.39, 0.29) is 17.2 Å². The monoisotopic (exact) mass is 217 g/mol.